The van der Waals surface area contributed by atoms with Crippen molar-refractivity contribution in [1.82, 2.24) is 0 Å². The van der Waals surface area contributed by atoms with Crippen molar-refractivity contribution in [3.8, 4) is 0 Å². The predicted octanol–water partition coefficient (Wildman–Crippen LogP) is 4.69. The summed E-state index contributed by atoms with van der Waals surface area (Å²) in [5.41, 5.74) is 1.44. The average molecular weight is 230 g/mol. The third-order valence-corrected chi connectivity index (χ3v) is 7.03. The Bertz CT molecular complexity index is 196. The molecule has 0 aliphatic carbocycles. The van der Waals surface area contributed by atoms with Crippen molar-refractivity contribution >= 4 is 8.32 Å². The van der Waals surface area contributed by atoms with E-state index in [0.717, 1.165) is 0 Å². The summed E-state index contributed by atoms with van der Waals surface area (Å²) in [5, 5.41) is 0. The highest BCUT2D eigenvalue weighted by molar-refractivity contribution is 6.72. The summed E-state index contributed by atoms with van der Waals surface area (Å²) < 4.78 is 5.81. The molecule has 0 N–H and O–H groups in total. The molecule has 1 atom stereocenters. The molecule has 1 unspecified atom stereocenters. The first-order chi connectivity index (χ1) is 6.40. The van der Waals surface area contributed by atoms with E-state index in [9.17, 15) is 0 Å². The molecule has 92 valence electrons. The van der Waals surface area contributed by atoms with Gasteiger partial charge < -0.3 is 4.43 Å². The Morgan fingerprint density at radius 1 is 1.00 bits per heavy atom. The molecular formula is C13H30OSi. The van der Waals surface area contributed by atoms with Gasteiger partial charge in [-0.1, -0.05) is 41.5 Å². The first kappa shape index (κ1) is 15.2. The Balaban J connectivity index is 4.92. The van der Waals surface area contributed by atoms with E-state index in [1.54, 1.807) is 0 Å². The molecule has 0 heterocycles. The van der Waals surface area contributed by atoms with E-state index in [1.165, 1.54) is 6.42 Å². The van der Waals surface area contributed by atoms with Gasteiger partial charge in [0.25, 0.3) is 0 Å². The van der Waals surface area contributed by atoms with E-state index < -0.39 is 8.32 Å². The van der Waals surface area contributed by atoms with Gasteiger partial charge in [0.15, 0.2) is 8.32 Å². The molecule has 0 aromatic heterocycles. The van der Waals surface area contributed by atoms with Crippen molar-refractivity contribution in [1.29, 1.82) is 0 Å². The normalized spacial score (nSPS) is 16.6. The molecule has 0 radical (unpaired) electrons. The topological polar surface area (TPSA) is 9.23 Å². The second kappa shape index (κ2) is 4.58. The van der Waals surface area contributed by atoms with Gasteiger partial charge in [-0.15, -0.1) is 0 Å². The number of hydrogen-bond acceptors (Lipinski definition) is 1. The molecule has 0 saturated heterocycles. The van der Waals surface area contributed by atoms with Gasteiger partial charge in [-0.3, -0.25) is 0 Å². The van der Waals surface area contributed by atoms with Crippen LogP contribution in [0.1, 0.15) is 48.0 Å². The predicted molar refractivity (Wildman–Crippen MR) is 71.8 cm³/mol. The maximum atomic E-state index is 5.81. The fourth-order valence-electron chi connectivity index (χ4n) is 2.35. The molecule has 0 bridgehead atoms. The zero-order valence-electron chi connectivity index (χ0n) is 12.2. The molecule has 0 rings (SSSR count). The van der Waals surface area contributed by atoms with Gasteiger partial charge in [-0.05, 0) is 35.9 Å². The molecule has 0 spiro atoms. The number of hydrogen-bond donors (Lipinski definition) is 0. The van der Waals surface area contributed by atoms with Crippen molar-refractivity contribution in [3.63, 3.8) is 0 Å². The van der Waals surface area contributed by atoms with E-state index in [1.807, 2.05) is 7.11 Å². The molecule has 1 nitrogen and oxygen atoms in total. The molecule has 15 heavy (non-hydrogen) atoms. The van der Waals surface area contributed by atoms with Gasteiger partial charge in [0.2, 0.25) is 0 Å². The highest BCUT2D eigenvalue weighted by Crippen LogP contribution is 2.46. The lowest BCUT2D eigenvalue weighted by Crippen LogP contribution is -2.43. The standard InChI is InChI=1S/C13H30OSi/c1-12(2,3)10-11(13(4,5)6)15(8,9)14-7/h11H,10H2,1-9H3. The number of rotatable bonds is 3. The van der Waals surface area contributed by atoms with Crippen LogP contribution in [0.15, 0.2) is 0 Å². The Morgan fingerprint density at radius 2 is 1.40 bits per heavy atom. The van der Waals surface area contributed by atoms with Gasteiger partial charge in [0, 0.05) is 7.11 Å². The lowest BCUT2D eigenvalue weighted by molar-refractivity contribution is 0.240. The lowest BCUT2D eigenvalue weighted by atomic mass is 9.80. The van der Waals surface area contributed by atoms with E-state index in [-0.39, 0.29) is 0 Å². The van der Waals surface area contributed by atoms with Crippen LogP contribution in [-0.2, 0) is 4.43 Å². The molecule has 0 aliphatic rings. The second-order valence-electron chi connectivity index (χ2n) is 7.49. The first-order valence-corrected chi connectivity index (χ1v) is 8.94. The summed E-state index contributed by atoms with van der Waals surface area (Å²) >= 11 is 0. The first-order valence-electron chi connectivity index (χ1n) is 5.95. The zero-order chi connectivity index (χ0) is 12.5. The highest BCUT2D eigenvalue weighted by atomic mass is 28.4. The van der Waals surface area contributed by atoms with Crippen LogP contribution in [0.25, 0.3) is 0 Å². The van der Waals surface area contributed by atoms with Gasteiger partial charge in [0.1, 0.15) is 0 Å². The molecular weight excluding hydrogens is 200 g/mol. The summed E-state index contributed by atoms with van der Waals surface area (Å²) in [4.78, 5) is 0. The molecule has 0 amide bonds. The van der Waals surface area contributed by atoms with Gasteiger partial charge in [0.05, 0.1) is 0 Å². The minimum atomic E-state index is -1.55. The van der Waals surface area contributed by atoms with Crippen molar-refractivity contribution < 1.29 is 4.43 Å². The van der Waals surface area contributed by atoms with Gasteiger partial charge in [-0.2, -0.15) is 0 Å². The summed E-state index contributed by atoms with van der Waals surface area (Å²) in [5.74, 6) is 0. The maximum absolute atomic E-state index is 5.81. The summed E-state index contributed by atoms with van der Waals surface area (Å²) in [6, 6.07) is 0. The third-order valence-electron chi connectivity index (χ3n) is 3.23. The van der Waals surface area contributed by atoms with E-state index in [4.69, 9.17) is 4.43 Å². The summed E-state index contributed by atoms with van der Waals surface area (Å²) in [6.45, 7) is 18.7. The largest absolute Gasteiger partial charge is 0.420 e. The lowest BCUT2D eigenvalue weighted by Gasteiger charge is -2.43. The molecule has 0 fully saturated rings. The molecule has 0 aliphatic heterocycles. The maximum Gasteiger partial charge on any atom is 0.189 e. The van der Waals surface area contributed by atoms with Crippen LogP contribution < -0.4 is 0 Å². The third kappa shape index (κ3) is 5.16. The van der Waals surface area contributed by atoms with E-state index in [2.05, 4.69) is 54.6 Å². The minimum Gasteiger partial charge on any atom is -0.420 e. The average Bonchev–Trinajstić information content (AvgIpc) is 1.96. The quantitative estimate of drug-likeness (QED) is 0.639. The monoisotopic (exact) mass is 230 g/mol. The van der Waals surface area contributed by atoms with E-state index >= 15 is 0 Å². The molecule has 0 saturated carbocycles. The van der Waals surface area contributed by atoms with Crippen LogP contribution in [0, 0.1) is 10.8 Å². The Morgan fingerprint density at radius 3 is 1.60 bits per heavy atom. The van der Waals surface area contributed by atoms with Crippen LogP contribution in [0.3, 0.4) is 0 Å². The smallest absolute Gasteiger partial charge is 0.189 e. The molecule has 0 aromatic rings. The zero-order valence-corrected chi connectivity index (χ0v) is 13.2. The van der Waals surface area contributed by atoms with Gasteiger partial charge in [-0.25, -0.2) is 0 Å². The van der Waals surface area contributed by atoms with Crippen LogP contribution in [0.4, 0.5) is 0 Å². The Hall–Kier alpha value is 0.177. The van der Waals surface area contributed by atoms with Crippen LogP contribution in [0.5, 0.6) is 0 Å². The summed E-state index contributed by atoms with van der Waals surface area (Å²) in [7, 11) is 0.331. The highest BCUT2D eigenvalue weighted by Gasteiger charge is 2.42. The van der Waals surface area contributed by atoms with E-state index in [0.29, 0.717) is 16.4 Å². The van der Waals surface area contributed by atoms with Crippen LogP contribution >= 0.6 is 0 Å². The second-order valence-corrected chi connectivity index (χ2v) is 11.8. The Labute approximate surface area is 97.7 Å². The summed E-state index contributed by atoms with van der Waals surface area (Å²) in [6.07, 6.45) is 1.25. The van der Waals surface area contributed by atoms with Crippen molar-refractivity contribution in [3.05, 3.63) is 0 Å². The van der Waals surface area contributed by atoms with Crippen LogP contribution in [0.2, 0.25) is 18.6 Å². The van der Waals surface area contributed by atoms with Crippen molar-refractivity contribution in [2.75, 3.05) is 7.11 Å². The fraction of sp³-hybridized carbons (Fsp3) is 1.00. The van der Waals surface area contributed by atoms with Crippen LogP contribution in [-0.4, -0.2) is 15.4 Å². The van der Waals surface area contributed by atoms with Gasteiger partial charge >= 0.3 is 0 Å². The fourth-order valence-corrected chi connectivity index (χ4v) is 5.82. The molecule has 2 heteroatoms. The molecule has 0 aromatic carbocycles. The minimum absolute atomic E-state index is 0.346. The van der Waals surface area contributed by atoms with Crippen molar-refractivity contribution in [2.45, 2.75) is 66.6 Å². The Kier molecular flexibility index (Phi) is 4.64. The van der Waals surface area contributed by atoms with Crippen molar-refractivity contribution in [2.24, 2.45) is 10.8 Å². The SMILES string of the molecule is CO[Si](C)(C)C(CC(C)(C)C)C(C)(C)C.